The molecule has 1 unspecified atom stereocenters. The van der Waals surface area contributed by atoms with Crippen LogP contribution in [0.3, 0.4) is 0 Å². The van der Waals surface area contributed by atoms with E-state index in [1.165, 1.54) is 5.56 Å². The Hall–Kier alpha value is -1.45. The van der Waals surface area contributed by atoms with E-state index in [4.69, 9.17) is 0 Å². The molecule has 100 valence electrons. The van der Waals surface area contributed by atoms with Crippen LogP contribution in [-0.2, 0) is 20.1 Å². The van der Waals surface area contributed by atoms with Gasteiger partial charge in [-0.1, -0.05) is 52.2 Å². The van der Waals surface area contributed by atoms with Gasteiger partial charge in [-0.2, -0.15) is 0 Å². The Morgan fingerprint density at radius 2 is 1.53 bits per heavy atom. The molecule has 0 spiro atoms. The molecule has 2 aromatic carbocycles. The van der Waals surface area contributed by atoms with Crippen molar-refractivity contribution < 1.29 is 4.21 Å². The zero-order valence-electron chi connectivity index (χ0n) is 11.7. The molecule has 0 saturated heterocycles. The lowest BCUT2D eigenvalue weighted by molar-refractivity contribution is 0.528. The van der Waals surface area contributed by atoms with Crippen LogP contribution in [0.5, 0.6) is 0 Å². The predicted octanol–water partition coefficient (Wildman–Crippen LogP) is 3.53. The van der Waals surface area contributed by atoms with E-state index >= 15 is 0 Å². The normalized spacial score (nSPS) is 14.3. The highest BCUT2D eigenvalue weighted by Crippen LogP contribution is 2.26. The van der Waals surface area contributed by atoms with E-state index < -0.39 is 10.1 Å². The first-order valence-electron chi connectivity index (χ1n) is 6.32. The molecule has 0 fully saturated rings. The third-order valence-corrected chi connectivity index (χ3v) is 6.10. The number of aryl methyl sites for hydroxylation is 1. The molecule has 0 amide bonds. The van der Waals surface area contributed by atoms with Gasteiger partial charge in [0.2, 0.25) is 0 Å². The monoisotopic (exact) mass is 274 g/mol. The second kappa shape index (κ2) is 5.68. The predicted molar refractivity (Wildman–Crippen MR) is 81.3 cm³/mol. The largest absolute Gasteiger partial charge is 0.194 e. The van der Waals surface area contributed by atoms with Crippen LogP contribution in [0.25, 0.3) is 0 Å². The number of rotatable bonds is 4. The molecule has 0 heterocycles. The van der Waals surface area contributed by atoms with E-state index in [1.54, 1.807) is 0 Å². The molecule has 1 atom stereocenters. The van der Waals surface area contributed by atoms with Crippen LogP contribution in [0, 0.1) is 6.92 Å². The van der Waals surface area contributed by atoms with Crippen LogP contribution in [0.2, 0.25) is 0 Å². The molecular weight excluding hydrogens is 254 g/mol. The van der Waals surface area contributed by atoms with Crippen molar-refractivity contribution in [1.82, 2.24) is 4.31 Å². The van der Waals surface area contributed by atoms with Crippen molar-refractivity contribution in [3.8, 4) is 0 Å². The summed E-state index contributed by atoms with van der Waals surface area (Å²) in [6.45, 7) is 2.04. The second-order valence-corrected chi connectivity index (χ2v) is 7.67. The topological polar surface area (TPSA) is 20.3 Å². The van der Waals surface area contributed by atoms with E-state index in [2.05, 4.69) is 0 Å². The SMILES string of the molecule is Cc1ccc([S+](=O)(Cc2ccccc2)N(C)C)cc1. The van der Waals surface area contributed by atoms with Gasteiger partial charge in [0, 0.05) is 19.7 Å². The fourth-order valence-corrected chi connectivity index (χ4v) is 4.03. The average molecular weight is 274 g/mol. The van der Waals surface area contributed by atoms with E-state index in [0.29, 0.717) is 5.75 Å². The van der Waals surface area contributed by atoms with Gasteiger partial charge in [0.05, 0.1) is 0 Å². The van der Waals surface area contributed by atoms with E-state index in [0.717, 1.165) is 10.5 Å². The summed E-state index contributed by atoms with van der Waals surface area (Å²) < 4.78 is 15.1. The van der Waals surface area contributed by atoms with Crippen LogP contribution in [0.1, 0.15) is 11.1 Å². The fourth-order valence-electron chi connectivity index (χ4n) is 1.97. The quantitative estimate of drug-likeness (QED) is 0.781. The lowest BCUT2D eigenvalue weighted by atomic mass is 10.2. The molecule has 0 N–H and O–H groups in total. The third kappa shape index (κ3) is 3.11. The van der Waals surface area contributed by atoms with Gasteiger partial charge < -0.3 is 0 Å². The Bertz CT molecular complexity index is 575. The summed E-state index contributed by atoms with van der Waals surface area (Å²) in [6, 6.07) is 18.0. The lowest BCUT2D eigenvalue weighted by Crippen LogP contribution is -2.31. The Morgan fingerprint density at radius 3 is 2.05 bits per heavy atom. The third-order valence-electron chi connectivity index (χ3n) is 3.18. The molecule has 2 rings (SSSR count). The number of hydrogen-bond donors (Lipinski definition) is 0. The van der Waals surface area contributed by atoms with Gasteiger partial charge in [0.1, 0.15) is 0 Å². The smallest absolute Gasteiger partial charge is 0.126 e. The lowest BCUT2D eigenvalue weighted by Gasteiger charge is -2.18. The van der Waals surface area contributed by atoms with Crippen molar-refractivity contribution in [2.75, 3.05) is 14.1 Å². The maximum atomic E-state index is 13.3. The van der Waals surface area contributed by atoms with Gasteiger partial charge in [-0.3, -0.25) is 0 Å². The molecule has 0 bridgehead atoms. The first-order chi connectivity index (χ1) is 9.02. The fraction of sp³-hybridized carbons (Fsp3) is 0.250. The average Bonchev–Trinajstić information content (AvgIpc) is 2.40. The van der Waals surface area contributed by atoms with Crippen LogP contribution < -0.4 is 0 Å². The Labute approximate surface area is 116 Å². The molecule has 2 nitrogen and oxygen atoms in total. The molecule has 3 heteroatoms. The van der Waals surface area contributed by atoms with Gasteiger partial charge in [0.15, 0.2) is 20.8 Å². The van der Waals surface area contributed by atoms with Crippen LogP contribution in [0.15, 0.2) is 59.5 Å². The first-order valence-corrected chi connectivity index (χ1v) is 8.01. The van der Waals surface area contributed by atoms with Gasteiger partial charge in [-0.05, 0) is 19.1 Å². The van der Waals surface area contributed by atoms with Crippen LogP contribution in [0.4, 0.5) is 0 Å². The molecule has 2 aromatic rings. The molecule has 0 aromatic heterocycles. The molecule has 0 radical (unpaired) electrons. The maximum absolute atomic E-state index is 13.3. The highest BCUT2D eigenvalue weighted by Gasteiger charge is 2.34. The zero-order valence-corrected chi connectivity index (χ0v) is 12.5. The van der Waals surface area contributed by atoms with Gasteiger partial charge >= 0.3 is 0 Å². The summed E-state index contributed by atoms with van der Waals surface area (Å²) in [7, 11) is 1.54. The highest BCUT2D eigenvalue weighted by molar-refractivity contribution is 8.00. The van der Waals surface area contributed by atoms with Crippen molar-refractivity contribution in [3.63, 3.8) is 0 Å². The molecule has 0 aliphatic heterocycles. The van der Waals surface area contributed by atoms with Crippen molar-refractivity contribution in [3.05, 3.63) is 65.7 Å². The molecule has 0 saturated carbocycles. The van der Waals surface area contributed by atoms with Crippen molar-refractivity contribution in [2.45, 2.75) is 17.6 Å². The minimum absolute atomic E-state index is 0.546. The maximum Gasteiger partial charge on any atom is 0.194 e. The summed E-state index contributed by atoms with van der Waals surface area (Å²) in [5.41, 5.74) is 2.28. The minimum Gasteiger partial charge on any atom is -0.126 e. The van der Waals surface area contributed by atoms with Crippen LogP contribution >= 0.6 is 0 Å². The Kier molecular flexibility index (Phi) is 4.17. The molecule has 0 aliphatic rings. The molecule has 0 aliphatic carbocycles. The minimum atomic E-state index is -2.22. The second-order valence-electron chi connectivity index (χ2n) is 4.90. The van der Waals surface area contributed by atoms with E-state index in [1.807, 2.05) is 79.9 Å². The van der Waals surface area contributed by atoms with Crippen molar-refractivity contribution >= 4 is 10.1 Å². The molecule has 19 heavy (non-hydrogen) atoms. The Morgan fingerprint density at radius 1 is 0.947 bits per heavy atom. The van der Waals surface area contributed by atoms with Gasteiger partial charge in [0.25, 0.3) is 0 Å². The summed E-state index contributed by atoms with van der Waals surface area (Å²) in [6.07, 6.45) is 0. The summed E-state index contributed by atoms with van der Waals surface area (Å²) in [5.74, 6) is 0.546. The summed E-state index contributed by atoms with van der Waals surface area (Å²) >= 11 is 0. The van der Waals surface area contributed by atoms with Gasteiger partial charge in [-0.15, -0.1) is 4.31 Å². The summed E-state index contributed by atoms with van der Waals surface area (Å²) in [4.78, 5) is 0.895. The molecular formula is C16H20NOS+. The standard InChI is InChI=1S/C16H20NOS/c1-14-9-11-16(12-10-14)19(18,17(2)3)13-15-7-5-4-6-8-15/h4-12H,13H2,1-3H3/q+1. The van der Waals surface area contributed by atoms with Crippen LogP contribution in [-0.4, -0.2) is 18.4 Å². The van der Waals surface area contributed by atoms with Crippen molar-refractivity contribution in [2.24, 2.45) is 0 Å². The van der Waals surface area contributed by atoms with Crippen molar-refractivity contribution in [1.29, 1.82) is 0 Å². The number of benzene rings is 2. The zero-order chi connectivity index (χ0) is 13.9. The number of nitrogens with zero attached hydrogens (tertiary/aromatic N) is 1. The highest BCUT2D eigenvalue weighted by atomic mass is 32.3. The summed E-state index contributed by atoms with van der Waals surface area (Å²) in [5, 5.41) is 0. The Balaban J connectivity index is 2.38. The first kappa shape index (κ1) is 14.0. The van der Waals surface area contributed by atoms with E-state index in [-0.39, 0.29) is 0 Å². The van der Waals surface area contributed by atoms with Gasteiger partial charge in [-0.25, -0.2) is 0 Å². The van der Waals surface area contributed by atoms with E-state index in [9.17, 15) is 4.21 Å². The number of hydrogen-bond acceptors (Lipinski definition) is 1.